The predicted molar refractivity (Wildman–Crippen MR) is 76.1 cm³/mol. The van der Waals surface area contributed by atoms with Crippen molar-refractivity contribution in [1.82, 2.24) is 4.90 Å². The zero-order chi connectivity index (χ0) is 16.0. The summed E-state index contributed by atoms with van der Waals surface area (Å²) in [6.45, 7) is 0.862. The minimum absolute atomic E-state index is 0.0363. The largest absolute Gasteiger partial charge is 0.386 e. The molecular weight excluding hydrogens is 281 g/mol. The van der Waals surface area contributed by atoms with Gasteiger partial charge < -0.3 is 15.0 Å². The molecule has 8 heteroatoms. The van der Waals surface area contributed by atoms with Crippen molar-refractivity contribution in [3.05, 3.63) is 33.6 Å². The molecule has 1 aromatic rings. The van der Waals surface area contributed by atoms with Crippen molar-refractivity contribution in [3.63, 3.8) is 0 Å². The lowest BCUT2D eigenvalue weighted by atomic mass is 10.1. The highest BCUT2D eigenvalue weighted by molar-refractivity contribution is 5.99. The van der Waals surface area contributed by atoms with Gasteiger partial charge in [-0.05, 0) is 12.5 Å². The summed E-state index contributed by atoms with van der Waals surface area (Å²) in [4.78, 5) is 23.8. The van der Waals surface area contributed by atoms with Crippen LogP contribution in [0.1, 0.15) is 16.8 Å². The maximum atomic E-state index is 13.6. The summed E-state index contributed by atoms with van der Waals surface area (Å²) >= 11 is 0. The highest BCUT2D eigenvalue weighted by atomic mass is 19.1. The number of amides is 1. The smallest absolute Gasteiger partial charge is 0.285 e. The number of nitro benzene ring substituents is 1. The van der Waals surface area contributed by atoms with Crippen LogP contribution >= 0.6 is 0 Å². The Kier molecular flexibility index (Phi) is 6.04. The van der Waals surface area contributed by atoms with Crippen LogP contribution < -0.4 is 5.32 Å². The van der Waals surface area contributed by atoms with Crippen LogP contribution in [0.2, 0.25) is 0 Å². The van der Waals surface area contributed by atoms with E-state index in [-0.39, 0.29) is 11.3 Å². The fourth-order valence-electron chi connectivity index (χ4n) is 1.83. The summed E-state index contributed by atoms with van der Waals surface area (Å²) in [6.07, 6.45) is 0.604. The minimum Gasteiger partial charge on any atom is -0.386 e. The van der Waals surface area contributed by atoms with E-state index in [1.54, 1.807) is 7.11 Å². The van der Waals surface area contributed by atoms with Crippen LogP contribution in [0.3, 0.4) is 0 Å². The molecule has 1 rings (SSSR count). The average molecular weight is 299 g/mol. The highest BCUT2D eigenvalue weighted by Gasteiger charge is 2.25. The van der Waals surface area contributed by atoms with Crippen LogP contribution in [-0.2, 0) is 4.74 Å². The number of nitrogens with one attached hydrogen (secondary N) is 1. The summed E-state index contributed by atoms with van der Waals surface area (Å²) in [5.41, 5.74) is -0.657. The van der Waals surface area contributed by atoms with Crippen LogP contribution in [0.15, 0.2) is 12.1 Å². The average Bonchev–Trinajstić information content (AvgIpc) is 2.46. The molecule has 1 N–H and O–H groups in total. The highest BCUT2D eigenvalue weighted by Crippen LogP contribution is 2.26. The first-order chi connectivity index (χ1) is 9.92. The molecule has 0 bridgehead atoms. The van der Waals surface area contributed by atoms with Gasteiger partial charge in [0.1, 0.15) is 5.56 Å². The van der Waals surface area contributed by atoms with Gasteiger partial charge in [0.2, 0.25) is 0 Å². The zero-order valence-corrected chi connectivity index (χ0v) is 12.2. The molecular formula is C13H18FN3O4. The van der Waals surface area contributed by atoms with Gasteiger partial charge in [0.15, 0.2) is 5.82 Å². The van der Waals surface area contributed by atoms with Crippen molar-refractivity contribution < 1.29 is 18.8 Å². The van der Waals surface area contributed by atoms with Gasteiger partial charge in [-0.25, -0.2) is 4.39 Å². The Labute approximate surface area is 121 Å². The Morgan fingerprint density at radius 3 is 2.71 bits per heavy atom. The lowest BCUT2D eigenvalue weighted by Gasteiger charge is -2.17. The van der Waals surface area contributed by atoms with E-state index in [4.69, 9.17) is 4.74 Å². The molecule has 0 saturated carbocycles. The van der Waals surface area contributed by atoms with Gasteiger partial charge in [-0.1, -0.05) is 0 Å². The lowest BCUT2D eigenvalue weighted by Crippen LogP contribution is -2.29. The van der Waals surface area contributed by atoms with Crippen LogP contribution in [0.4, 0.5) is 15.8 Å². The third-order valence-corrected chi connectivity index (χ3v) is 2.97. The fraction of sp³-hybridized carbons (Fsp3) is 0.462. The van der Waals surface area contributed by atoms with E-state index in [9.17, 15) is 19.3 Å². The summed E-state index contributed by atoms with van der Waals surface area (Å²) < 4.78 is 18.5. The SMILES string of the molecule is CNc1cc(C(=O)N(C)CCCOC)c([N+](=O)[O-])cc1F. The quantitative estimate of drug-likeness (QED) is 0.472. The Morgan fingerprint density at radius 2 is 2.19 bits per heavy atom. The van der Waals surface area contributed by atoms with Crippen molar-refractivity contribution in [1.29, 1.82) is 0 Å². The maximum absolute atomic E-state index is 13.6. The second-order valence-corrected chi connectivity index (χ2v) is 4.43. The Bertz CT molecular complexity index is 536. The van der Waals surface area contributed by atoms with Gasteiger partial charge in [-0.3, -0.25) is 14.9 Å². The van der Waals surface area contributed by atoms with Gasteiger partial charge in [0.25, 0.3) is 11.6 Å². The molecule has 0 aliphatic rings. The summed E-state index contributed by atoms with van der Waals surface area (Å²) in [6, 6.07) is 1.91. The number of halogens is 1. The predicted octanol–water partition coefficient (Wildman–Crippen LogP) is 1.88. The van der Waals surface area contributed by atoms with Crippen molar-refractivity contribution >= 4 is 17.3 Å². The monoisotopic (exact) mass is 299 g/mol. The number of carbonyl (C=O) groups is 1. The summed E-state index contributed by atoms with van der Waals surface area (Å²) in [7, 11) is 4.55. The second-order valence-electron chi connectivity index (χ2n) is 4.43. The molecule has 0 saturated heterocycles. The van der Waals surface area contributed by atoms with Crippen LogP contribution in [0.5, 0.6) is 0 Å². The number of nitro groups is 1. The molecule has 0 unspecified atom stereocenters. The standard InChI is InChI=1S/C13H18FN3O4/c1-15-11-7-9(12(17(19)20)8-10(11)14)13(18)16(2)5-4-6-21-3/h7-8,15H,4-6H2,1-3H3. The first-order valence-corrected chi connectivity index (χ1v) is 6.32. The van der Waals surface area contributed by atoms with Crippen LogP contribution in [-0.4, -0.2) is 50.1 Å². The molecule has 0 aliphatic heterocycles. The van der Waals surface area contributed by atoms with Gasteiger partial charge in [-0.2, -0.15) is 0 Å². The number of ether oxygens (including phenoxy) is 1. The van der Waals surface area contributed by atoms with Crippen molar-refractivity contribution in [2.45, 2.75) is 6.42 Å². The molecule has 0 heterocycles. The van der Waals surface area contributed by atoms with E-state index >= 15 is 0 Å². The van der Waals surface area contributed by atoms with E-state index in [2.05, 4.69) is 5.32 Å². The zero-order valence-electron chi connectivity index (χ0n) is 12.2. The van der Waals surface area contributed by atoms with Gasteiger partial charge in [0.05, 0.1) is 16.7 Å². The third-order valence-electron chi connectivity index (χ3n) is 2.97. The van der Waals surface area contributed by atoms with Gasteiger partial charge in [0, 0.05) is 34.4 Å². The van der Waals surface area contributed by atoms with E-state index in [0.29, 0.717) is 19.6 Å². The Morgan fingerprint density at radius 1 is 1.52 bits per heavy atom. The fourth-order valence-corrected chi connectivity index (χ4v) is 1.83. The number of nitrogens with zero attached hydrogens (tertiary/aromatic N) is 2. The molecule has 1 aromatic carbocycles. The molecule has 1 amide bonds. The van der Waals surface area contributed by atoms with Crippen LogP contribution in [0.25, 0.3) is 0 Å². The molecule has 0 aromatic heterocycles. The molecule has 0 radical (unpaired) electrons. The Balaban J connectivity index is 3.09. The van der Waals surface area contributed by atoms with E-state index in [1.807, 2.05) is 0 Å². The first-order valence-electron chi connectivity index (χ1n) is 6.32. The molecule has 0 spiro atoms. The molecule has 7 nitrogen and oxygen atoms in total. The number of anilines is 1. The molecule has 0 aliphatic carbocycles. The van der Waals surface area contributed by atoms with E-state index in [1.165, 1.54) is 19.0 Å². The van der Waals surface area contributed by atoms with E-state index < -0.39 is 22.3 Å². The normalized spacial score (nSPS) is 10.3. The number of methoxy groups -OCH3 is 1. The van der Waals surface area contributed by atoms with E-state index in [0.717, 1.165) is 12.1 Å². The first kappa shape index (κ1) is 16.8. The summed E-state index contributed by atoms with van der Waals surface area (Å²) in [5.74, 6) is -1.31. The van der Waals surface area contributed by atoms with Gasteiger partial charge >= 0.3 is 0 Å². The molecule has 0 atom stereocenters. The maximum Gasteiger partial charge on any atom is 0.285 e. The van der Waals surface area contributed by atoms with Crippen molar-refractivity contribution in [2.24, 2.45) is 0 Å². The molecule has 0 fully saturated rings. The topological polar surface area (TPSA) is 84.7 Å². The number of hydrogen-bond acceptors (Lipinski definition) is 5. The lowest BCUT2D eigenvalue weighted by molar-refractivity contribution is -0.385. The number of benzene rings is 1. The third kappa shape index (κ3) is 4.12. The second kappa shape index (κ2) is 7.53. The Hall–Kier alpha value is -2.22. The van der Waals surface area contributed by atoms with Gasteiger partial charge in [-0.15, -0.1) is 0 Å². The number of rotatable bonds is 7. The van der Waals surface area contributed by atoms with Crippen LogP contribution in [0, 0.1) is 15.9 Å². The minimum atomic E-state index is -0.775. The molecule has 116 valence electrons. The number of hydrogen-bond donors (Lipinski definition) is 1. The van der Waals surface area contributed by atoms with Crippen molar-refractivity contribution in [2.75, 3.05) is 39.7 Å². The molecule has 21 heavy (non-hydrogen) atoms. The number of carbonyl (C=O) groups excluding carboxylic acids is 1. The van der Waals surface area contributed by atoms with Crippen molar-refractivity contribution in [3.8, 4) is 0 Å². The summed E-state index contributed by atoms with van der Waals surface area (Å²) in [5, 5.41) is 13.5.